The number of carbonyl (C=O) groups excluding carboxylic acids is 1. The zero-order valence-corrected chi connectivity index (χ0v) is 15.3. The lowest BCUT2D eigenvalue weighted by atomic mass is 10.1. The van der Waals surface area contributed by atoms with Gasteiger partial charge in [-0.2, -0.15) is 5.10 Å². The third-order valence-electron chi connectivity index (χ3n) is 4.00. The van der Waals surface area contributed by atoms with Gasteiger partial charge in [0, 0.05) is 49.2 Å². The maximum absolute atomic E-state index is 12.4. The number of rotatable bonds is 6. The van der Waals surface area contributed by atoms with E-state index in [2.05, 4.69) is 31.1 Å². The Bertz CT molecular complexity index is 893. The van der Waals surface area contributed by atoms with Gasteiger partial charge in [-0.1, -0.05) is 12.1 Å². The maximum atomic E-state index is 12.4. The van der Waals surface area contributed by atoms with Gasteiger partial charge in [0.1, 0.15) is 5.84 Å². The van der Waals surface area contributed by atoms with Crippen molar-refractivity contribution in [2.24, 2.45) is 10.1 Å². The number of anilines is 1. The first-order chi connectivity index (χ1) is 13.1. The second-order valence-electron chi connectivity index (χ2n) is 6.24. The molecule has 1 atom stereocenters. The summed E-state index contributed by atoms with van der Waals surface area (Å²) >= 11 is 0. The lowest BCUT2D eigenvalue weighted by Gasteiger charge is -2.14. The summed E-state index contributed by atoms with van der Waals surface area (Å²) in [5, 5.41) is 10.1. The topological polar surface area (TPSA) is 90.8 Å². The first-order valence-corrected chi connectivity index (χ1v) is 8.70. The van der Waals surface area contributed by atoms with Crippen LogP contribution in [0, 0.1) is 6.92 Å². The molecular weight excluding hydrogens is 340 g/mol. The number of aromatic nitrogens is 1. The second-order valence-corrected chi connectivity index (χ2v) is 6.24. The average molecular weight is 362 g/mol. The summed E-state index contributed by atoms with van der Waals surface area (Å²) < 4.78 is 0. The molecule has 0 spiro atoms. The smallest absolute Gasteiger partial charge is 0.257 e. The van der Waals surface area contributed by atoms with Crippen molar-refractivity contribution in [3.05, 3.63) is 71.8 Å². The summed E-state index contributed by atoms with van der Waals surface area (Å²) in [4.78, 5) is 20.7. The van der Waals surface area contributed by atoms with Crippen molar-refractivity contribution in [3.8, 4) is 0 Å². The molecule has 3 N–H and O–H groups in total. The zero-order valence-electron chi connectivity index (χ0n) is 15.3. The number of hydrazone groups is 1. The summed E-state index contributed by atoms with van der Waals surface area (Å²) in [6.45, 7) is 3.95. The number of carbonyl (C=O) groups is 1. The van der Waals surface area contributed by atoms with Crippen LogP contribution in [0.3, 0.4) is 0 Å². The molecule has 3 rings (SSSR count). The van der Waals surface area contributed by atoms with Crippen LogP contribution in [0.15, 0.2) is 65.2 Å². The Morgan fingerprint density at radius 3 is 3.00 bits per heavy atom. The Morgan fingerprint density at radius 1 is 1.33 bits per heavy atom. The summed E-state index contributed by atoms with van der Waals surface area (Å²) in [6, 6.07) is 9.62. The minimum atomic E-state index is -0.175. The van der Waals surface area contributed by atoms with Gasteiger partial charge in [-0.05, 0) is 43.2 Å². The van der Waals surface area contributed by atoms with E-state index in [1.54, 1.807) is 31.0 Å². The molecule has 1 aliphatic heterocycles. The van der Waals surface area contributed by atoms with Crippen molar-refractivity contribution in [2.75, 3.05) is 5.32 Å². The van der Waals surface area contributed by atoms with Crippen LogP contribution in [-0.2, 0) is 0 Å². The van der Waals surface area contributed by atoms with Crippen molar-refractivity contribution in [2.45, 2.75) is 26.3 Å². The van der Waals surface area contributed by atoms with Gasteiger partial charge in [0.15, 0.2) is 0 Å². The van der Waals surface area contributed by atoms with Gasteiger partial charge in [0.25, 0.3) is 5.91 Å². The standard InChI is InChI=1S/C20H22N6O/c1-14-10-17(13-21-12-14)20(27)25-18-5-3-4-16(11-18)15(2)22-8-9-23-19-6-7-24-26-19/h3-5,7-13,15,22H,6H2,1-2H3,(H,23,26)(H,25,27). The summed E-state index contributed by atoms with van der Waals surface area (Å²) in [7, 11) is 0. The predicted octanol–water partition coefficient (Wildman–Crippen LogP) is 3.14. The van der Waals surface area contributed by atoms with Crippen LogP contribution >= 0.6 is 0 Å². The van der Waals surface area contributed by atoms with Gasteiger partial charge in [0.05, 0.1) is 5.56 Å². The highest BCUT2D eigenvalue weighted by Crippen LogP contribution is 2.18. The van der Waals surface area contributed by atoms with E-state index in [9.17, 15) is 4.79 Å². The lowest BCUT2D eigenvalue weighted by Crippen LogP contribution is -2.14. The van der Waals surface area contributed by atoms with E-state index in [4.69, 9.17) is 0 Å². The molecule has 1 aliphatic rings. The Hall–Kier alpha value is -3.48. The largest absolute Gasteiger partial charge is 0.383 e. The van der Waals surface area contributed by atoms with E-state index in [-0.39, 0.29) is 11.9 Å². The van der Waals surface area contributed by atoms with Crippen molar-refractivity contribution in [1.82, 2.24) is 15.7 Å². The molecule has 7 nitrogen and oxygen atoms in total. The number of nitrogens with one attached hydrogen (secondary N) is 3. The highest BCUT2D eigenvalue weighted by atomic mass is 16.1. The summed E-state index contributed by atoms with van der Waals surface area (Å²) in [5.41, 5.74) is 6.09. The molecule has 1 amide bonds. The molecule has 2 heterocycles. The van der Waals surface area contributed by atoms with Crippen molar-refractivity contribution >= 4 is 23.6 Å². The molecule has 0 fully saturated rings. The van der Waals surface area contributed by atoms with Crippen LogP contribution in [-0.4, -0.2) is 22.9 Å². The van der Waals surface area contributed by atoms with Crippen molar-refractivity contribution < 1.29 is 4.79 Å². The maximum Gasteiger partial charge on any atom is 0.257 e. The zero-order chi connectivity index (χ0) is 19.1. The third kappa shape index (κ3) is 5.24. The van der Waals surface area contributed by atoms with E-state index in [0.29, 0.717) is 5.56 Å². The fraction of sp³-hybridized carbons (Fsp3) is 0.200. The number of amides is 1. The van der Waals surface area contributed by atoms with Gasteiger partial charge >= 0.3 is 0 Å². The number of hydrogen-bond acceptors (Lipinski definition) is 5. The predicted molar refractivity (Wildman–Crippen MR) is 108 cm³/mol. The molecule has 0 radical (unpaired) electrons. The monoisotopic (exact) mass is 362 g/mol. The van der Waals surface area contributed by atoms with Crippen LogP contribution in [0.4, 0.5) is 5.69 Å². The molecule has 1 aromatic carbocycles. The third-order valence-corrected chi connectivity index (χ3v) is 4.00. The van der Waals surface area contributed by atoms with E-state index < -0.39 is 0 Å². The highest BCUT2D eigenvalue weighted by Gasteiger charge is 2.09. The normalized spacial score (nSPS) is 15.7. The average Bonchev–Trinajstić information content (AvgIpc) is 3.19. The van der Waals surface area contributed by atoms with E-state index in [1.807, 2.05) is 44.2 Å². The SMILES string of the molecule is Cc1cncc(C(=O)Nc2cccc(C(C)NC=CN=C3CC=NN3)c2)c1. The quantitative estimate of drug-likeness (QED) is 0.736. The number of nitrogens with zero attached hydrogens (tertiary/aromatic N) is 3. The molecule has 0 aliphatic carbocycles. The molecule has 138 valence electrons. The number of pyridine rings is 1. The van der Waals surface area contributed by atoms with E-state index in [1.165, 1.54) is 0 Å². The van der Waals surface area contributed by atoms with Gasteiger partial charge in [0.2, 0.25) is 0 Å². The van der Waals surface area contributed by atoms with Gasteiger partial charge < -0.3 is 10.6 Å². The van der Waals surface area contributed by atoms with Crippen LogP contribution < -0.4 is 16.1 Å². The highest BCUT2D eigenvalue weighted by molar-refractivity contribution is 6.04. The Balaban J connectivity index is 1.60. The molecule has 0 saturated heterocycles. The van der Waals surface area contributed by atoms with Crippen LogP contribution in [0.2, 0.25) is 0 Å². The minimum absolute atomic E-state index is 0.0618. The molecule has 27 heavy (non-hydrogen) atoms. The molecule has 7 heteroatoms. The van der Waals surface area contributed by atoms with Crippen molar-refractivity contribution in [3.63, 3.8) is 0 Å². The van der Waals surface area contributed by atoms with E-state index >= 15 is 0 Å². The van der Waals surface area contributed by atoms with Crippen molar-refractivity contribution in [1.29, 1.82) is 0 Å². The van der Waals surface area contributed by atoms with Gasteiger partial charge in [-0.3, -0.25) is 15.2 Å². The molecule has 2 aromatic rings. The second kappa shape index (κ2) is 8.75. The fourth-order valence-electron chi connectivity index (χ4n) is 2.56. The van der Waals surface area contributed by atoms with E-state index in [0.717, 1.165) is 29.1 Å². The number of benzene rings is 1. The van der Waals surface area contributed by atoms with Gasteiger partial charge in [-0.15, -0.1) is 0 Å². The van der Waals surface area contributed by atoms with Crippen LogP contribution in [0.1, 0.15) is 40.9 Å². The minimum Gasteiger partial charge on any atom is -0.383 e. The molecular formula is C20H22N6O. The van der Waals surface area contributed by atoms with Gasteiger partial charge in [-0.25, -0.2) is 4.99 Å². The van der Waals surface area contributed by atoms with Crippen LogP contribution in [0.5, 0.6) is 0 Å². The Labute approximate surface area is 158 Å². The summed E-state index contributed by atoms with van der Waals surface area (Å²) in [6.07, 6.45) is 9.27. The molecule has 0 bridgehead atoms. The number of aliphatic imine (C=N–C) groups is 1. The number of hydrogen-bond donors (Lipinski definition) is 3. The Kier molecular flexibility index (Phi) is 5.94. The number of amidine groups is 1. The molecule has 0 saturated carbocycles. The number of aryl methyl sites for hydroxylation is 1. The fourth-order valence-corrected chi connectivity index (χ4v) is 2.56. The van der Waals surface area contributed by atoms with Crippen LogP contribution in [0.25, 0.3) is 0 Å². The first kappa shape index (κ1) is 18.3. The molecule has 1 unspecified atom stereocenters. The first-order valence-electron chi connectivity index (χ1n) is 8.70. The summed E-state index contributed by atoms with van der Waals surface area (Å²) in [5.74, 6) is 0.641. The molecule has 1 aromatic heterocycles. The lowest BCUT2D eigenvalue weighted by molar-refractivity contribution is 0.102. The Morgan fingerprint density at radius 2 is 2.22 bits per heavy atom.